The van der Waals surface area contributed by atoms with Gasteiger partial charge in [0.25, 0.3) is 5.91 Å². The Labute approximate surface area is 195 Å². The Kier molecular flexibility index (Phi) is 7.73. The summed E-state index contributed by atoms with van der Waals surface area (Å²) < 4.78 is 45.9. The molecule has 0 spiro atoms. The van der Waals surface area contributed by atoms with Crippen molar-refractivity contribution in [2.24, 2.45) is 0 Å². The Balaban J connectivity index is 1.94. The van der Waals surface area contributed by atoms with Crippen LogP contribution in [0.5, 0.6) is 23.0 Å². The Bertz CT molecular complexity index is 1110. The number of methoxy groups -OCH3 is 4. The van der Waals surface area contributed by atoms with Crippen molar-refractivity contribution in [1.82, 2.24) is 5.32 Å². The number of carbonyl (C=O) groups is 1. The first-order valence-electron chi connectivity index (χ1n) is 10.7. The molecule has 0 aromatic heterocycles. The van der Waals surface area contributed by atoms with Gasteiger partial charge >= 0.3 is 0 Å². The van der Waals surface area contributed by atoms with Crippen molar-refractivity contribution in [3.05, 3.63) is 41.5 Å². The topological polar surface area (TPSA) is 100 Å². The second kappa shape index (κ2) is 10.3. The van der Waals surface area contributed by atoms with Crippen molar-refractivity contribution < 1.29 is 32.2 Å². The van der Waals surface area contributed by atoms with Gasteiger partial charge in [0, 0.05) is 24.3 Å². The third kappa shape index (κ3) is 5.35. The first-order chi connectivity index (χ1) is 15.7. The normalized spacial score (nSPS) is 18.3. The number of amides is 1. The molecule has 0 saturated heterocycles. The molecule has 3 rings (SSSR count). The number of hydrogen-bond donors (Lipinski definition) is 1. The summed E-state index contributed by atoms with van der Waals surface area (Å²) in [7, 11) is 2.37. The van der Waals surface area contributed by atoms with Gasteiger partial charge < -0.3 is 24.3 Å². The van der Waals surface area contributed by atoms with Crippen LogP contribution in [0.2, 0.25) is 0 Å². The van der Waals surface area contributed by atoms with Crippen molar-refractivity contribution in [3.63, 3.8) is 0 Å². The molecular formula is C24H31NO7S. The molecule has 2 atom stereocenters. The monoisotopic (exact) mass is 477 g/mol. The zero-order chi connectivity index (χ0) is 24.2. The molecule has 2 aromatic rings. The van der Waals surface area contributed by atoms with Gasteiger partial charge in [0.1, 0.15) is 16.4 Å². The molecule has 1 amide bonds. The third-order valence-corrected chi connectivity index (χ3v) is 7.17. The third-order valence-electron chi connectivity index (χ3n) is 6.05. The Morgan fingerprint density at radius 3 is 2.09 bits per heavy atom. The van der Waals surface area contributed by atoms with E-state index in [1.54, 1.807) is 14.2 Å². The van der Waals surface area contributed by atoms with E-state index in [9.17, 15) is 13.2 Å². The van der Waals surface area contributed by atoms with Crippen molar-refractivity contribution in [3.8, 4) is 23.0 Å². The molecule has 2 aromatic carbocycles. The minimum absolute atomic E-state index is 0.0592. The van der Waals surface area contributed by atoms with E-state index in [4.69, 9.17) is 18.9 Å². The van der Waals surface area contributed by atoms with Gasteiger partial charge in [0.05, 0.1) is 34.0 Å². The zero-order valence-corrected chi connectivity index (χ0v) is 20.5. The van der Waals surface area contributed by atoms with Crippen LogP contribution in [0, 0.1) is 0 Å². The van der Waals surface area contributed by atoms with Crippen LogP contribution in [0.4, 0.5) is 0 Å². The van der Waals surface area contributed by atoms with Gasteiger partial charge in [-0.25, -0.2) is 8.42 Å². The fourth-order valence-corrected chi connectivity index (χ4v) is 5.21. The summed E-state index contributed by atoms with van der Waals surface area (Å²) in [5.41, 5.74) is 1.20. The van der Waals surface area contributed by atoms with Crippen LogP contribution in [0.1, 0.15) is 47.5 Å². The molecule has 1 aliphatic carbocycles. The number of benzene rings is 2. The average Bonchev–Trinajstić information content (AvgIpc) is 2.82. The van der Waals surface area contributed by atoms with Crippen LogP contribution >= 0.6 is 0 Å². The summed E-state index contributed by atoms with van der Waals surface area (Å²) in [5.74, 6) is 1.36. The van der Waals surface area contributed by atoms with Crippen LogP contribution in [-0.4, -0.2) is 55.1 Å². The van der Waals surface area contributed by atoms with E-state index in [0.717, 1.165) is 37.5 Å². The smallest absolute Gasteiger partial charge is 0.255 e. The summed E-state index contributed by atoms with van der Waals surface area (Å²) in [6.45, 7) is 0. The van der Waals surface area contributed by atoms with E-state index < -0.39 is 15.7 Å². The predicted octanol–water partition coefficient (Wildman–Crippen LogP) is 3.58. The van der Waals surface area contributed by atoms with Gasteiger partial charge in [-0.3, -0.25) is 4.79 Å². The Morgan fingerprint density at radius 1 is 0.848 bits per heavy atom. The quantitative estimate of drug-likeness (QED) is 0.620. The minimum Gasteiger partial charge on any atom is -0.496 e. The van der Waals surface area contributed by atoms with E-state index in [1.165, 1.54) is 26.4 Å². The maximum Gasteiger partial charge on any atom is 0.255 e. The van der Waals surface area contributed by atoms with Crippen LogP contribution < -0.4 is 24.3 Å². The molecule has 9 heteroatoms. The molecule has 0 bridgehead atoms. The molecule has 0 heterocycles. The van der Waals surface area contributed by atoms with Gasteiger partial charge in [-0.2, -0.15) is 0 Å². The van der Waals surface area contributed by atoms with E-state index in [2.05, 4.69) is 5.32 Å². The fourth-order valence-electron chi connectivity index (χ4n) is 4.37. The van der Waals surface area contributed by atoms with Gasteiger partial charge in [-0.15, -0.1) is 0 Å². The van der Waals surface area contributed by atoms with Gasteiger partial charge in [0.2, 0.25) is 0 Å². The van der Waals surface area contributed by atoms with E-state index >= 15 is 0 Å². The number of hydrogen-bond acceptors (Lipinski definition) is 7. The minimum atomic E-state index is -3.61. The first-order valence-corrected chi connectivity index (χ1v) is 12.6. The van der Waals surface area contributed by atoms with Crippen LogP contribution in [0.25, 0.3) is 0 Å². The fraction of sp³-hybridized carbons (Fsp3) is 0.458. The highest BCUT2D eigenvalue weighted by molar-refractivity contribution is 7.90. The first kappa shape index (κ1) is 24.7. The Hall–Kier alpha value is -2.94. The van der Waals surface area contributed by atoms with E-state index in [0.29, 0.717) is 11.5 Å². The van der Waals surface area contributed by atoms with E-state index in [-0.39, 0.29) is 33.9 Å². The lowest BCUT2D eigenvalue weighted by atomic mass is 9.79. The second-order valence-corrected chi connectivity index (χ2v) is 10.0. The van der Waals surface area contributed by atoms with E-state index in [1.807, 2.05) is 18.2 Å². The number of sulfone groups is 1. The van der Waals surface area contributed by atoms with Crippen LogP contribution in [0.15, 0.2) is 35.2 Å². The van der Waals surface area contributed by atoms with Crippen LogP contribution in [-0.2, 0) is 9.84 Å². The summed E-state index contributed by atoms with van der Waals surface area (Å²) >= 11 is 0. The second-order valence-electron chi connectivity index (χ2n) is 8.06. The summed E-state index contributed by atoms with van der Waals surface area (Å²) in [6.07, 6.45) is 4.84. The van der Waals surface area contributed by atoms with Gasteiger partial charge in [-0.05, 0) is 36.6 Å². The van der Waals surface area contributed by atoms with Crippen LogP contribution in [0.3, 0.4) is 0 Å². The molecule has 0 unspecified atom stereocenters. The predicted molar refractivity (Wildman–Crippen MR) is 125 cm³/mol. The largest absolute Gasteiger partial charge is 0.496 e. The number of ether oxygens (including phenoxy) is 4. The van der Waals surface area contributed by atoms with Crippen molar-refractivity contribution >= 4 is 15.7 Å². The Morgan fingerprint density at radius 2 is 1.48 bits per heavy atom. The molecular weight excluding hydrogens is 446 g/mol. The lowest BCUT2D eigenvalue weighted by Gasteiger charge is -2.33. The molecule has 0 radical (unpaired) electrons. The molecule has 8 nitrogen and oxygen atoms in total. The molecule has 1 N–H and O–H groups in total. The molecule has 1 aliphatic rings. The van der Waals surface area contributed by atoms with Crippen molar-refractivity contribution in [2.75, 3.05) is 34.7 Å². The molecule has 1 saturated carbocycles. The summed E-state index contributed by atoms with van der Waals surface area (Å²) in [4.78, 5) is 13.2. The maximum absolute atomic E-state index is 13.3. The average molecular weight is 478 g/mol. The summed E-state index contributed by atoms with van der Waals surface area (Å²) in [5, 5.41) is 3.11. The molecule has 180 valence electrons. The van der Waals surface area contributed by atoms with Gasteiger partial charge in [0.15, 0.2) is 21.3 Å². The number of rotatable bonds is 8. The summed E-state index contributed by atoms with van der Waals surface area (Å²) in [6, 6.07) is 8.43. The number of carbonyl (C=O) groups excluding carboxylic acids is 1. The molecule has 1 fully saturated rings. The maximum atomic E-state index is 13.3. The highest BCUT2D eigenvalue weighted by Crippen LogP contribution is 2.38. The van der Waals surface area contributed by atoms with Crippen molar-refractivity contribution in [2.45, 2.75) is 42.5 Å². The van der Waals surface area contributed by atoms with Crippen molar-refractivity contribution in [1.29, 1.82) is 0 Å². The zero-order valence-electron chi connectivity index (χ0n) is 19.6. The highest BCUT2D eigenvalue weighted by atomic mass is 32.2. The molecule has 33 heavy (non-hydrogen) atoms. The molecule has 0 aliphatic heterocycles. The lowest BCUT2D eigenvalue weighted by molar-refractivity contribution is 0.0917. The van der Waals surface area contributed by atoms with Gasteiger partial charge in [-0.1, -0.05) is 18.9 Å². The lowest BCUT2D eigenvalue weighted by Crippen LogP contribution is -2.41. The SMILES string of the molecule is COc1ccc([C@H]2CCCC[C@H]2NC(=O)c2cc(S(C)(=O)=O)c(OC)cc2OC)cc1OC. The highest BCUT2D eigenvalue weighted by Gasteiger charge is 2.30. The number of nitrogens with one attached hydrogen (secondary N) is 1. The standard InChI is InChI=1S/C24H31NO7S/c1-29-19-11-10-15(12-21(19)31-3)16-8-6-7-9-18(16)25-24(26)17-13-23(33(5,27)28)22(32-4)14-20(17)30-2/h10-14,16,18H,6-9H2,1-5H3,(H,25,26)/t16-,18-/m1/s1.